The third kappa shape index (κ3) is 3.49. The average molecular weight is 269 g/mol. The summed E-state index contributed by atoms with van der Waals surface area (Å²) in [5.74, 6) is -0.346. The minimum atomic E-state index is -0.782. The van der Waals surface area contributed by atoms with Crippen LogP contribution < -0.4 is 5.43 Å². The van der Waals surface area contributed by atoms with Gasteiger partial charge < -0.3 is 5.11 Å². The number of pyridine rings is 1. The zero-order valence-corrected chi connectivity index (χ0v) is 11.0. The van der Waals surface area contributed by atoms with Gasteiger partial charge in [0.25, 0.3) is 5.91 Å². The van der Waals surface area contributed by atoms with Gasteiger partial charge in [-0.1, -0.05) is 30.3 Å². The molecular formula is C15H15N3O2. The molecule has 5 nitrogen and oxygen atoms in total. The van der Waals surface area contributed by atoms with Crippen LogP contribution in [0.25, 0.3) is 0 Å². The number of hydrogen-bond acceptors (Lipinski definition) is 4. The van der Waals surface area contributed by atoms with E-state index in [1.165, 1.54) is 12.4 Å². The number of aromatic nitrogens is 1. The van der Waals surface area contributed by atoms with E-state index in [-0.39, 0.29) is 5.91 Å². The van der Waals surface area contributed by atoms with Crippen LogP contribution in [0, 0.1) is 0 Å². The second-order valence-electron chi connectivity index (χ2n) is 4.22. The van der Waals surface area contributed by atoms with Gasteiger partial charge in [0, 0.05) is 23.5 Å². The Balaban J connectivity index is 2.17. The first-order valence-corrected chi connectivity index (χ1v) is 6.20. The fourth-order valence-electron chi connectivity index (χ4n) is 1.69. The van der Waals surface area contributed by atoms with E-state index >= 15 is 0 Å². The number of hydrogen-bond donors (Lipinski definition) is 2. The Morgan fingerprint density at radius 3 is 2.40 bits per heavy atom. The van der Waals surface area contributed by atoms with E-state index in [9.17, 15) is 9.90 Å². The molecule has 0 fully saturated rings. The van der Waals surface area contributed by atoms with Gasteiger partial charge in [0.2, 0.25) is 0 Å². The van der Waals surface area contributed by atoms with Crippen LogP contribution in [0.4, 0.5) is 0 Å². The summed E-state index contributed by atoms with van der Waals surface area (Å²) in [6, 6.07) is 12.4. The molecule has 0 bridgehead atoms. The topological polar surface area (TPSA) is 74.6 Å². The zero-order valence-electron chi connectivity index (χ0n) is 11.0. The van der Waals surface area contributed by atoms with E-state index in [0.717, 1.165) is 5.56 Å². The normalized spacial score (nSPS) is 12.8. The minimum Gasteiger partial charge on any atom is -0.387 e. The Labute approximate surface area is 117 Å². The molecule has 2 aromatic rings. The first-order valence-electron chi connectivity index (χ1n) is 6.20. The van der Waals surface area contributed by atoms with Crippen LogP contribution in [-0.4, -0.2) is 27.8 Å². The Kier molecular flexibility index (Phi) is 4.57. The van der Waals surface area contributed by atoms with Gasteiger partial charge in [-0.3, -0.25) is 9.78 Å². The van der Waals surface area contributed by atoms with E-state index in [2.05, 4.69) is 15.5 Å². The molecule has 0 saturated carbocycles. The van der Waals surface area contributed by atoms with Crippen LogP contribution in [0.15, 0.2) is 60.0 Å². The molecule has 0 aliphatic heterocycles. The molecular weight excluding hydrogens is 254 g/mol. The van der Waals surface area contributed by atoms with E-state index in [4.69, 9.17) is 0 Å². The van der Waals surface area contributed by atoms with Crippen LogP contribution in [0.3, 0.4) is 0 Å². The number of nitrogens with zero attached hydrogens (tertiary/aromatic N) is 2. The minimum absolute atomic E-state index is 0.346. The molecule has 2 rings (SSSR count). The second-order valence-corrected chi connectivity index (χ2v) is 4.22. The highest BCUT2D eigenvalue weighted by Gasteiger charge is 2.11. The molecule has 1 aromatic carbocycles. The lowest BCUT2D eigenvalue weighted by Crippen LogP contribution is -2.25. The van der Waals surface area contributed by atoms with Gasteiger partial charge >= 0.3 is 0 Å². The van der Waals surface area contributed by atoms with Crippen molar-refractivity contribution in [3.05, 3.63) is 66.0 Å². The lowest BCUT2D eigenvalue weighted by atomic mass is 10.1. The van der Waals surface area contributed by atoms with Crippen molar-refractivity contribution in [3.8, 4) is 0 Å². The van der Waals surface area contributed by atoms with Gasteiger partial charge in [0.15, 0.2) is 0 Å². The highest BCUT2D eigenvalue weighted by atomic mass is 16.3. The molecule has 1 atom stereocenters. The predicted octanol–water partition coefficient (Wildman–Crippen LogP) is 1.60. The standard InChI is InChI=1S/C15H15N3O2/c1-11(19)14(12-5-3-2-4-6-12)17-18-15(20)13-7-9-16-10-8-13/h2-11,19H,1H3,(H,18,20). The number of carbonyl (C=O) groups excluding carboxylic acids is 1. The van der Waals surface area contributed by atoms with Gasteiger partial charge in [0.1, 0.15) is 0 Å². The van der Waals surface area contributed by atoms with Crippen molar-refractivity contribution in [2.45, 2.75) is 13.0 Å². The maximum atomic E-state index is 11.9. The molecule has 1 aromatic heterocycles. The Morgan fingerprint density at radius 1 is 1.15 bits per heavy atom. The van der Waals surface area contributed by atoms with Crippen molar-refractivity contribution in [2.24, 2.45) is 5.10 Å². The maximum absolute atomic E-state index is 11.9. The number of carbonyl (C=O) groups is 1. The second kappa shape index (κ2) is 6.58. The van der Waals surface area contributed by atoms with Gasteiger partial charge in [0.05, 0.1) is 11.8 Å². The lowest BCUT2D eigenvalue weighted by molar-refractivity contribution is 0.0954. The molecule has 1 heterocycles. The summed E-state index contributed by atoms with van der Waals surface area (Å²) in [6.07, 6.45) is 2.28. The van der Waals surface area contributed by atoms with Gasteiger partial charge in [-0.15, -0.1) is 0 Å². The van der Waals surface area contributed by atoms with Crippen molar-refractivity contribution in [3.63, 3.8) is 0 Å². The summed E-state index contributed by atoms with van der Waals surface area (Å²) in [4.78, 5) is 15.7. The molecule has 0 saturated heterocycles. The summed E-state index contributed by atoms with van der Waals surface area (Å²) in [5.41, 5.74) is 4.07. The van der Waals surface area contributed by atoms with Gasteiger partial charge in [-0.2, -0.15) is 5.10 Å². The quantitative estimate of drug-likeness (QED) is 0.654. The van der Waals surface area contributed by atoms with Crippen molar-refractivity contribution in [1.82, 2.24) is 10.4 Å². The van der Waals surface area contributed by atoms with Crippen molar-refractivity contribution < 1.29 is 9.90 Å². The monoisotopic (exact) mass is 269 g/mol. The summed E-state index contributed by atoms with van der Waals surface area (Å²) in [7, 11) is 0. The van der Waals surface area contributed by atoms with Crippen molar-refractivity contribution >= 4 is 11.6 Å². The predicted molar refractivity (Wildman–Crippen MR) is 76.4 cm³/mol. The van der Waals surface area contributed by atoms with Crippen LogP contribution in [0.5, 0.6) is 0 Å². The Hall–Kier alpha value is -2.53. The summed E-state index contributed by atoms with van der Waals surface area (Å²) in [5, 5.41) is 13.8. The average Bonchev–Trinajstić information content (AvgIpc) is 2.49. The van der Waals surface area contributed by atoms with Gasteiger partial charge in [-0.05, 0) is 19.1 Å². The highest BCUT2D eigenvalue weighted by Crippen LogP contribution is 2.05. The number of nitrogens with one attached hydrogen (secondary N) is 1. The summed E-state index contributed by atoms with van der Waals surface area (Å²) >= 11 is 0. The zero-order chi connectivity index (χ0) is 14.4. The number of aliphatic hydroxyl groups is 1. The van der Waals surface area contributed by atoms with E-state index in [0.29, 0.717) is 11.3 Å². The number of hydrazone groups is 1. The summed E-state index contributed by atoms with van der Waals surface area (Å²) in [6.45, 7) is 1.60. The summed E-state index contributed by atoms with van der Waals surface area (Å²) < 4.78 is 0. The molecule has 1 unspecified atom stereocenters. The van der Waals surface area contributed by atoms with Crippen molar-refractivity contribution in [2.75, 3.05) is 0 Å². The third-order valence-electron chi connectivity index (χ3n) is 2.69. The Bertz CT molecular complexity index is 595. The largest absolute Gasteiger partial charge is 0.387 e. The number of rotatable bonds is 4. The van der Waals surface area contributed by atoms with Crippen LogP contribution in [0.2, 0.25) is 0 Å². The first-order chi connectivity index (χ1) is 9.68. The number of benzene rings is 1. The van der Waals surface area contributed by atoms with E-state index in [1.54, 1.807) is 19.1 Å². The number of aliphatic hydroxyl groups excluding tert-OH is 1. The molecule has 0 aliphatic carbocycles. The molecule has 2 N–H and O–H groups in total. The molecule has 0 radical (unpaired) electrons. The first kappa shape index (κ1) is 13.9. The Morgan fingerprint density at radius 2 is 1.80 bits per heavy atom. The van der Waals surface area contributed by atoms with Crippen LogP contribution in [0.1, 0.15) is 22.8 Å². The number of amides is 1. The molecule has 1 amide bonds. The van der Waals surface area contributed by atoms with E-state index < -0.39 is 6.10 Å². The SMILES string of the molecule is CC(O)C(=NNC(=O)c1ccncc1)c1ccccc1. The maximum Gasteiger partial charge on any atom is 0.271 e. The van der Waals surface area contributed by atoms with Gasteiger partial charge in [-0.25, -0.2) is 5.43 Å². The molecule has 102 valence electrons. The highest BCUT2D eigenvalue weighted by molar-refractivity contribution is 6.04. The molecule has 0 aliphatic rings. The van der Waals surface area contributed by atoms with Crippen LogP contribution >= 0.6 is 0 Å². The fourth-order valence-corrected chi connectivity index (χ4v) is 1.69. The molecule has 20 heavy (non-hydrogen) atoms. The third-order valence-corrected chi connectivity index (χ3v) is 2.69. The van der Waals surface area contributed by atoms with Crippen LogP contribution in [-0.2, 0) is 0 Å². The van der Waals surface area contributed by atoms with Crippen molar-refractivity contribution in [1.29, 1.82) is 0 Å². The molecule has 0 spiro atoms. The van der Waals surface area contributed by atoms with E-state index in [1.807, 2.05) is 30.3 Å². The molecule has 5 heteroatoms. The fraction of sp³-hybridized carbons (Fsp3) is 0.133. The smallest absolute Gasteiger partial charge is 0.271 e. The lowest BCUT2D eigenvalue weighted by Gasteiger charge is -2.09.